The van der Waals surface area contributed by atoms with E-state index in [2.05, 4.69) is 12.1 Å². The van der Waals surface area contributed by atoms with E-state index in [1.165, 1.54) is 0 Å². The highest BCUT2D eigenvalue weighted by Gasteiger charge is 1.99. The fourth-order valence-electron chi connectivity index (χ4n) is 1.04. The van der Waals surface area contributed by atoms with Crippen LogP contribution in [0.1, 0.15) is 12.0 Å². The van der Waals surface area contributed by atoms with Crippen LogP contribution in [0.2, 0.25) is 0 Å². The van der Waals surface area contributed by atoms with Gasteiger partial charge in [0.15, 0.2) is 0 Å². The normalized spacial score (nSPS) is 9.17. The van der Waals surface area contributed by atoms with Gasteiger partial charge >= 0.3 is 0 Å². The van der Waals surface area contributed by atoms with Gasteiger partial charge in [-0.3, -0.25) is 0 Å². The molecule has 0 amide bonds. The summed E-state index contributed by atoms with van der Waals surface area (Å²) in [5.41, 5.74) is 0.981. The number of hydrogen-bond acceptors (Lipinski definition) is 2. The molecule has 1 rings (SSSR count). The van der Waals surface area contributed by atoms with E-state index in [4.69, 9.17) is 9.84 Å². The molecule has 0 aliphatic rings. The molecule has 0 fully saturated rings. The monoisotopic (exact) mass is 164 g/mol. The summed E-state index contributed by atoms with van der Waals surface area (Å²) >= 11 is 0. The minimum Gasteiger partial charge on any atom is -0.496 e. The molecule has 0 atom stereocenters. The first kappa shape index (κ1) is 8.89. The van der Waals surface area contributed by atoms with Crippen molar-refractivity contribution in [2.24, 2.45) is 0 Å². The van der Waals surface area contributed by atoms with Gasteiger partial charge in [0.05, 0.1) is 7.11 Å². The van der Waals surface area contributed by atoms with Crippen LogP contribution in [-0.4, -0.2) is 18.8 Å². The molecule has 0 spiro atoms. The maximum atomic E-state index is 8.63. The van der Waals surface area contributed by atoms with Crippen LogP contribution in [0, 0.1) is 12.1 Å². The lowest BCUT2D eigenvalue weighted by atomic mass is 10.1. The molecule has 2 nitrogen and oxygen atoms in total. The van der Waals surface area contributed by atoms with Crippen molar-refractivity contribution in [3.8, 4) is 5.75 Å². The quantitative estimate of drug-likeness (QED) is 0.725. The van der Waals surface area contributed by atoms with Crippen LogP contribution in [0.15, 0.2) is 12.1 Å². The third kappa shape index (κ3) is 2.14. The molecule has 64 valence electrons. The number of ether oxygens (including phenoxy) is 1. The van der Waals surface area contributed by atoms with Gasteiger partial charge in [0.2, 0.25) is 0 Å². The highest BCUT2D eigenvalue weighted by atomic mass is 16.5. The van der Waals surface area contributed by atoms with Gasteiger partial charge in [0.1, 0.15) is 5.75 Å². The van der Waals surface area contributed by atoms with Crippen molar-refractivity contribution in [1.82, 2.24) is 0 Å². The van der Waals surface area contributed by atoms with Crippen molar-refractivity contribution in [1.29, 1.82) is 0 Å². The Bertz CT molecular complexity index is 233. The van der Waals surface area contributed by atoms with Crippen LogP contribution >= 0.6 is 0 Å². The molecule has 1 aromatic carbocycles. The van der Waals surface area contributed by atoms with E-state index >= 15 is 0 Å². The second-order valence-electron chi connectivity index (χ2n) is 2.48. The van der Waals surface area contributed by atoms with Crippen molar-refractivity contribution < 1.29 is 9.84 Å². The van der Waals surface area contributed by atoms with E-state index in [1.54, 1.807) is 13.2 Å². The molecule has 1 N–H and O–H groups in total. The number of aliphatic hydroxyl groups is 1. The van der Waals surface area contributed by atoms with Gasteiger partial charge < -0.3 is 9.84 Å². The minimum atomic E-state index is 0.200. The predicted molar refractivity (Wildman–Crippen MR) is 46.1 cm³/mol. The van der Waals surface area contributed by atoms with Gasteiger partial charge in [-0.15, -0.1) is 0 Å². The van der Waals surface area contributed by atoms with Crippen molar-refractivity contribution in [3.05, 3.63) is 29.8 Å². The average molecular weight is 164 g/mol. The Labute approximate surface area is 72.8 Å². The maximum Gasteiger partial charge on any atom is 0.131 e. The molecule has 0 saturated heterocycles. The topological polar surface area (TPSA) is 29.5 Å². The highest BCUT2D eigenvalue weighted by molar-refractivity contribution is 5.29. The molecule has 0 aliphatic heterocycles. The van der Waals surface area contributed by atoms with Gasteiger partial charge in [-0.05, 0) is 25.0 Å². The van der Waals surface area contributed by atoms with Crippen LogP contribution < -0.4 is 4.74 Å². The van der Waals surface area contributed by atoms with E-state index < -0.39 is 0 Å². The maximum absolute atomic E-state index is 8.63. The van der Waals surface area contributed by atoms with Crippen LogP contribution in [0.3, 0.4) is 0 Å². The van der Waals surface area contributed by atoms with Crippen molar-refractivity contribution >= 4 is 0 Å². The second kappa shape index (κ2) is 4.63. The molecule has 2 heteroatoms. The molecule has 0 heterocycles. The van der Waals surface area contributed by atoms with Crippen molar-refractivity contribution in [2.75, 3.05) is 13.7 Å². The molecule has 1 aromatic rings. The summed E-state index contributed by atoms with van der Waals surface area (Å²) in [7, 11) is 1.63. The Balaban J connectivity index is 2.68. The molecule has 0 aliphatic carbocycles. The molecular weight excluding hydrogens is 152 g/mol. The van der Waals surface area contributed by atoms with Gasteiger partial charge in [-0.2, -0.15) is 0 Å². The summed E-state index contributed by atoms with van der Waals surface area (Å²) in [6, 6.07) is 9.44. The van der Waals surface area contributed by atoms with Gasteiger partial charge in [-0.25, -0.2) is 0 Å². The first-order chi connectivity index (χ1) is 5.88. The smallest absolute Gasteiger partial charge is 0.131 e. The molecule has 0 saturated carbocycles. The Morgan fingerprint density at radius 1 is 1.58 bits per heavy atom. The predicted octanol–water partition coefficient (Wildman–Crippen LogP) is 1.22. The number of rotatable bonds is 4. The van der Waals surface area contributed by atoms with Crippen LogP contribution in [0.25, 0.3) is 0 Å². The second-order valence-corrected chi connectivity index (χ2v) is 2.48. The summed E-state index contributed by atoms with van der Waals surface area (Å²) in [4.78, 5) is 0. The third-order valence-electron chi connectivity index (χ3n) is 1.64. The first-order valence-electron chi connectivity index (χ1n) is 3.94. The Hall–Kier alpha value is -1.20. The molecule has 12 heavy (non-hydrogen) atoms. The standard InChI is InChI=1S/C10H12O2/c1-12-10-7-3-2-5-9(10)6-4-8-11/h3,7,11H,4,6,8H2,1H3. The van der Waals surface area contributed by atoms with Crippen LogP contribution in [0.5, 0.6) is 5.75 Å². The summed E-state index contributed by atoms with van der Waals surface area (Å²) in [5, 5.41) is 8.63. The van der Waals surface area contributed by atoms with E-state index in [-0.39, 0.29) is 6.61 Å². The lowest BCUT2D eigenvalue weighted by molar-refractivity contribution is 0.287. The first-order valence-corrected chi connectivity index (χ1v) is 3.94. The average Bonchev–Trinajstić information content (AvgIpc) is 2.15. The highest BCUT2D eigenvalue weighted by Crippen LogP contribution is 2.15. The number of methoxy groups -OCH3 is 1. The van der Waals surface area contributed by atoms with Crippen LogP contribution in [0.4, 0.5) is 0 Å². The zero-order valence-electron chi connectivity index (χ0n) is 7.13. The molecule has 0 aromatic heterocycles. The van der Waals surface area contributed by atoms with E-state index in [0.717, 1.165) is 24.2 Å². The van der Waals surface area contributed by atoms with Gasteiger partial charge in [0.25, 0.3) is 0 Å². The molecule has 0 bridgehead atoms. The lowest BCUT2D eigenvalue weighted by Crippen LogP contribution is -1.92. The van der Waals surface area contributed by atoms with Crippen molar-refractivity contribution in [2.45, 2.75) is 12.8 Å². The summed E-state index contributed by atoms with van der Waals surface area (Å²) in [6.07, 6.45) is 1.53. The molecule has 0 radical (unpaired) electrons. The zero-order chi connectivity index (χ0) is 8.81. The Kier molecular flexibility index (Phi) is 3.43. The molecular formula is C10H12O2. The summed E-state index contributed by atoms with van der Waals surface area (Å²) < 4.78 is 5.11. The van der Waals surface area contributed by atoms with Crippen LogP contribution in [-0.2, 0) is 6.42 Å². The fraction of sp³-hybridized carbons (Fsp3) is 0.400. The van der Waals surface area contributed by atoms with E-state index in [0.29, 0.717) is 0 Å². The summed E-state index contributed by atoms with van der Waals surface area (Å²) in [6.45, 7) is 0.200. The van der Waals surface area contributed by atoms with Gasteiger partial charge in [-0.1, -0.05) is 12.1 Å². The minimum absolute atomic E-state index is 0.200. The van der Waals surface area contributed by atoms with E-state index in [9.17, 15) is 0 Å². The SMILES string of the molecule is COc1ccc#cc1CCCO. The third-order valence-corrected chi connectivity index (χ3v) is 1.64. The lowest BCUT2D eigenvalue weighted by Gasteiger charge is -2.03. The molecule has 0 unspecified atom stereocenters. The Morgan fingerprint density at radius 3 is 3.08 bits per heavy atom. The fourth-order valence-corrected chi connectivity index (χ4v) is 1.04. The Morgan fingerprint density at radius 2 is 2.42 bits per heavy atom. The zero-order valence-corrected chi connectivity index (χ0v) is 7.13. The number of aliphatic hydroxyl groups excluding tert-OH is 1. The van der Waals surface area contributed by atoms with Crippen molar-refractivity contribution in [3.63, 3.8) is 0 Å². The largest absolute Gasteiger partial charge is 0.496 e. The van der Waals surface area contributed by atoms with E-state index in [1.807, 2.05) is 6.07 Å². The number of hydrogen-bond donors (Lipinski definition) is 1. The van der Waals surface area contributed by atoms with Gasteiger partial charge in [0, 0.05) is 12.2 Å². The summed E-state index contributed by atoms with van der Waals surface area (Å²) in [5.74, 6) is 0.821.